The Kier molecular flexibility index (Phi) is 7.24. The molecule has 4 aromatic rings. The smallest absolute Gasteiger partial charge is 0.269 e. The Hall–Kier alpha value is -3.69. The van der Waals surface area contributed by atoms with Gasteiger partial charge in [-0.2, -0.15) is 0 Å². The summed E-state index contributed by atoms with van der Waals surface area (Å²) in [5, 5.41) is 9.71. The Bertz CT molecular complexity index is 1310. The number of hydrazine groups is 1. The molecule has 0 bridgehead atoms. The number of aromatic nitrogens is 3. The van der Waals surface area contributed by atoms with Crippen molar-refractivity contribution in [2.75, 3.05) is 5.75 Å². The number of amides is 2. The molecule has 34 heavy (non-hydrogen) atoms. The molecule has 10 heteroatoms. The summed E-state index contributed by atoms with van der Waals surface area (Å²) in [5.74, 6) is -0.850. The van der Waals surface area contributed by atoms with Gasteiger partial charge in [0, 0.05) is 21.8 Å². The molecule has 2 N–H and O–H groups in total. The zero-order valence-electron chi connectivity index (χ0n) is 18.0. The van der Waals surface area contributed by atoms with Gasteiger partial charge in [-0.25, -0.2) is 4.39 Å². The number of carbonyl (C=O) groups is 2. The highest BCUT2D eigenvalue weighted by Crippen LogP contribution is 2.28. The van der Waals surface area contributed by atoms with Gasteiger partial charge in [-0.3, -0.25) is 25.0 Å². The van der Waals surface area contributed by atoms with E-state index < -0.39 is 17.6 Å². The minimum absolute atomic E-state index is 0.0245. The Morgan fingerprint density at radius 1 is 0.941 bits per heavy atom. The van der Waals surface area contributed by atoms with Crippen LogP contribution >= 0.6 is 23.4 Å². The van der Waals surface area contributed by atoms with Crippen LogP contribution in [-0.2, 0) is 4.79 Å². The predicted octanol–water partition coefficient (Wildman–Crippen LogP) is 4.59. The highest BCUT2D eigenvalue weighted by Gasteiger charge is 2.18. The van der Waals surface area contributed by atoms with Gasteiger partial charge in [0.2, 0.25) is 5.91 Å². The van der Waals surface area contributed by atoms with Crippen LogP contribution in [0.1, 0.15) is 15.9 Å². The molecule has 0 radical (unpaired) electrons. The molecule has 1 aromatic heterocycles. The first kappa shape index (κ1) is 23.5. The molecule has 0 aliphatic heterocycles. The fraction of sp³-hybridized carbons (Fsp3) is 0.0833. The fourth-order valence-corrected chi connectivity index (χ4v) is 3.92. The lowest BCUT2D eigenvalue weighted by Gasteiger charge is -2.11. The maximum atomic E-state index is 13.0. The fourth-order valence-electron chi connectivity index (χ4n) is 3.04. The summed E-state index contributed by atoms with van der Waals surface area (Å²) in [7, 11) is 0. The van der Waals surface area contributed by atoms with Crippen molar-refractivity contribution >= 4 is 35.2 Å². The molecule has 1 heterocycles. The average Bonchev–Trinajstić information content (AvgIpc) is 3.26. The molecule has 0 spiro atoms. The molecule has 172 valence electrons. The number of carbonyl (C=O) groups excluding carboxylic acids is 2. The zero-order valence-corrected chi connectivity index (χ0v) is 19.5. The number of aryl methyl sites for hydroxylation is 1. The Morgan fingerprint density at radius 3 is 2.29 bits per heavy atom. The number of hydrogen-bond donors (Lipinski definition) is 2. The lowest BCUT2D eigenvalue weighted by atomic mass is 10.1. The number of rotatable bonds is 6. The minimum atomic E-state index is -0.552. The van der Waals surface area contributed by atoms with Crippen molar-refractivity contribution in [2.24, 2.45) is 0 Å². The summed E-state index contributed by atoms with van der Waals surface area (Å²) < 4.78 is 14.8. The summed E-state index contributed by atoms with van der Waals surface area (Å²) >= 11 is 7.22. The third-order valence-electron chi connectivity index (χ3n) is 4.78. The van der Waals surface area contributed by atoms with Crippen molar-refractivity contribution in [2.45, 2.75) is 12.1 Å². The van der Waals surface area contributed by atoms with Crippen LogP contribution in [0.15, 0.2) is 78.0 Å². The van der Waals surface area contributed by atoms with Crippen LogP contribution in [0.3, 0.4) is 0 Å². The van der Waals surface area contributed by atoms with Gasteiger partial charge >= 0.3 is 0 Å². The van der Waals surface area contributed by atoms with E-state index in [-0.39, 0.29) is 11.3 Å². The van der Waals surface area contributed by atoms with Crippen LogP contribution in [0, 0.1) is 12.7 Å². The zero-order chi connectivity index (χ0) is 24.1. The van der Waals surface area contributed by atoms with Crippen molar-refractivity contribution in [3.8, 4) is 17.1 Å². The molecule has 7 nitrogen and oxygen atoms in total. The molecule has 0 saturated heterocycles. The van der Waals surface area contributed by atoms with Crippen LogP contribution < -0.4 is 10.9 Å². The van der Waals surface area contributed by atoms with Gasteiger partial charge in [-0.05, 0) is 55.5 Å². The summed E-state index contributed by atoms with van der Waals surface area (Å²) in [5.41, 5.74) is 7.66. The van der Waals surface area contributed by atoms with Crippen LogP contribution in [0.5, 0.6) is 0 Å². The molecule has 2 amide bonds. The van der Waals surface area contributed by atoms with Crippen molar-refractivity contribution in [3.63, 3.8) is 0 Å². The highest BCUT2D eigenvalue weighted by molar-refractivity contribution is 7.99. The molecular weight excluding hydrogens is 477 g/mol. The first-order chi connectivity index (χ1) is 16.4. The normalized spacial score (nSPS) is 10.7. The van der Waals surface area contributed by atoms with Crippen LogP contribution in [0.25, 0.3) is 17.1 Å². The number of thioether (sulfide) groups is 1. The summed E-state index contributed by atoms with van der Waals surface area (Å²) in [6.07, 6.45) is 0. The Balaban J connectivity index is 1.48. The Labute approximate surface area is 204 Å². The number of nitrogens with zero attached hydrogens (tertiary/aromatic N) is 3. The molecule has 0 aliphatic rings. The van der Waals surface area contributed by atoms with E-state index in [0.717, 1.165) is 16.8 Å². The molecule has 0 atom stereocenters. The van der Waals surface area contributed by atoms with E-state index in [1.807, 2.05) is 47.9 Å². The van der Waals surface area contributed by atoms with Crippen LogP contribution in [0.2, 0.25) is 5.02 Å². The number of nitrogens with one attached hydrogen (secondary N) is 2. The van der Waals surface area contributed by atoms with Gasteiger partial charge in [-0.15, -0.1) is 10.2 Å². The van der Waals surface area contributed by atoms with E-state index in [9.17, 15) is 14.0 Å². The summed E-state index contributed by atoms with van der Waals surface area (Å²) in [4.78, 5) is 24.4. The largest absolute Gasteiger partial charge is 0.272 e. The topological polar surface area (TPSA) is 88.9 Å². The minimum Gasteiger partial charge on any atom is -0.272 e. The van der Waals surface area contributed by atoms with Crippen molar-refractivity contribution in [1.82, 2.24) is 25.6 Å². The Morgan fingerprint density at radius 2 is 1.62 bits per heavy atom. The van der Waals surface area contributed by atoms with E-state index in [2.05, 4.69) is 21.0 Å². The van der Waals surface area contributed by atoms with Gasteiger partial charge in [0.1, 0.15) is 5.82 Å². The lowest BCUT2D eigenvalue weighted by molar-refractivity contribution is -0.119. The van der Waals surface area contributed by atoms with Crippen LogP contribution in [0.4, 0.5) is 4.39 Å². The van der Waals surface area contributed by atoms with Crippen molar-refractivity contribution in [3.05, 3.63) is 94.8 Å². The molecule has 0 aliphatic carbocycles. The molecule has 4 rings (SSSR count). The SMILES string of the molecule is Cc1ccc(-c2nnc(SCC(=O)NNC(=O)c3ccc(F)cc3)n2-c2ccc(Cl)cc2)cc1. The predicted molar refractivity (Wildman–Crippen MR) is 129 cm³/mol. The van der Waals surface area contributed by atoms with Crippen molar-refractivity contribution in [1.29, 1.82) is 0 Å². The molecule has 0 unspecified atom stereocenters. The second-order valence-electron chi connectivity index (χ2n) is 7.28. The van der Waals surface area contributed by atoms with E-state index in [4.69, 9.17) is 11.6 Å². The van der Waals surface area contributed by atoms with Gasteiger partial charge in [-0.1, -0.05) is 53.2 Å². The van der Waals surface area contributed by atoms with E-state index in [0.29, 0.717) is 16.0 Å². The number of hydrogen-bond acceptors (Lipinski definition) is 5. The van der Waals surface area contributed by atoms with Gasteiger partial charge < -0.3 is 0 Å². The molecule has 0 saturated carbocycles. The second kappa shape index (κ2) is 10.5. The summed E-state index contributed by atoms with van der Waals surface area (Å²) in [6.45, 7) is 2.00. The monoisotopic (exact) mass is 495 g/mol. The van der Waals surface area contributed by atoms with Gasteiger partial charge in [0.25, 0.3) is 5.91 Å². The van der Waals surface area contributed by atoms with Crippen LogP contribution in [-0.4, -0.2) is 32.3 Å². The third kappa shape index (κ3) is 5.62. The van der Waals surface area contributed by atoms with E-state index in [1.54, 1.807) is 12.1 Å². The van der Waals surface area contributed by atoms with Gasteiger partial charge in [0.05, 0.1) is 5.75 Å². The first-order valence-corrected chi connectivity index (χ1v) is 11.5. The lowest BCUT2D eigenvalue weighted by Crippen LogP contribution is -2.42. The van der Waals surface area contributed by atoms with Gasteiger partial charge in [0.15, 0.2) is 11.0 Å². The number of halogens is 2. The van der Waals surface area contributed by atoms with E-state index >= 15 is 0 Å². The number of benzene rings is 3. The first-order valence-electron chi connectivity index (χ1n) is 10.2. The second-order valence-corrected chi connectivity index (χ2v) is 8.66. The highest BCUT2D eigenvalue weighted by atomic mass is 35.5. The molecular formula is C24H19ClFN5O2S. The maximum absolute atomic E-state index is 13.0. The average molecular weight is 496 g/mol. The van der Waals surface area contributed by atoms with Crippen molar-refractivity contribution < 1.29 is 14.0 Å². The summed E-state index contributed by atoms with van der Waals surface area (Å²) in [6, 6.07) is 20.1. The maximum Gasteiger partial charge on any atom is 0.269 e. The molecule has 0 fully saturated rings. The van der Waals surface area contributed by atoms with E-state index in [1.165, 1.54) is 36.0 Å². The molecule has 3 aromatic carbocycles. The standard InChI is InChI=1S/C24H19ClFN5O2S/c1-15-2-4-16(5-3-15)22-28-30-24(31(22)20-12-8-18(25)9-13-20)34-14-21(32)27-29-23(33)17-6-10-19(26)11-7-17/h2-13H,14H2,1H3,(H,27,32)(H,29,33). The third-order valence-corrected chi connectivity index (χ3v) is 5.96. The quantitative estimate of drug-likeness (QED) is 0.302.